The van der Waals surface area contributed by atoms with Crippen LogP contribution in [-0.4, -0.2) is 38.5 Å². The molecule has 0 aromatic carbocycles. The van der Waals surface area contributed by atoms with Crippen LogP contribution in [0.5, 0.6) is 5.75 Å². The van der Waals surface area contributed by atoms with Crippen molar-refractivity contribution in [3.8, 4) is 5.75 Å². The minimum absolute atomic E-state index is 0.294. The van der Waals surface area contributed by atoms with Gasteiger partial charge in [-0.25, -0.2) is 4.98 Å². The number of rotatable bonds is 3. The lowest BCUT2D eigenvalue weighted by Gasteiger charge is -2.34. The van der Waals surface area contributed by atoms with Gasteiger partial charge < -0.3 is 10.0 Å². The molecule has 2 aromatic heterocycles. The number of nitrogens with zero attached hydrogens (tertiary/aromatic N) is 3. The fourth-order valence-corrected chi connectivity index (χ4v) is 3.10. The summed E-state index contributed by atoms with van der Waals surface area (Å²) in [6, 6.07) is 4.20. The molecule has 1 fully saturated rings. The van der Waals surface area contributed by atoms with E-state index in [0.717, 1.165) is 24.3 Å². The van der Waals surface area contributed by atoms with Gasteiger partial charge in [-0.3, -0.25) is 4.40 Å². The van der Waals surface area contributed by atoms with Crippen LogP contribution in [0.2, 0.25) is 0 Å². The summed E-state index contributed by atoms with van der Waals surface area (Å²) >= 11 is 0. The Morgan fingerprint density at radius 1 is 1.37 bits per heavy atom. The van der Waals surface area contributed by atoms with Crippen molar-refractivity contribution in [1.29, 1.82) is 0 Å². The van der Waals surface area contributed by atoms with Crippen LogP contribution in [0.25, 0.3) is 5.52 Å². The molecule has 4 nitrogen and oxygen atoms in total. The summed E-state index contributed by atoms with van der Waals surface area (Å²) in [5.41, 5.74) is 1.05. The van der Waals surface area contributed by atoms with E-state index in [-0.39, 0.29) is 0 Å². The second-order valence-electron chi connectivity index (χ2n) is 5.34. The maximum atomic E-state index is 9.62. The molecule has 1 saturated heterocycles. The molecular weight excluding hydrogens is 238 g/mol. The summed E-state index contributed by atoms with van der Waals surface area (Å²) in [5, 5.41) is 9.62. The molecule has 0 spiro atoms. The number of likely N-dealkylation sites (tertiary alicyclic amines) is 1. The number of pyridine rings is 1. The summed E-state index contributed by atoms with van der Waals surface area (Å²) < 4.78 is 2.01. The Morgan fingerprint density at radius 3 is 3.11 bits per heavy atom. The fraction of sp³-hybridized carbons (Fsp3) is 0.533. The molecule has 0 saturated carbocycles. The summed E-state index contributed by atoms with van der Waals surface area (Å²) in [6.45, 7) is 4.54. The number of aromatic nitrogens is 2. The highest BCUT2D eigenvalue weighted by molar-refractivity contribution is 5.48. The fourth-order valence-electron chi connectivity index (χ4n) is 3.10. The molecule has 102 valence electrons. The molecule has 4 heteroatoms. The standard InChI is InChI=1S/C15H21N3O/c1-2-17-8-4-3-5-12(17)9-15-16-10-13-6-7-14(19)11-18(13)15/h6-7,10-12,19H,2-5,8-9H2,1H3. The molecule has 3 rings (SSSR count). The summed E-state index contributed by atoms with van der Waals surface area (Å²) in [6.07, 6.45) is 8.49. The van der Waals surface area contributed by atoms with E-state index < -0.39 is 0 Å². The van der Waals surface area contributed by atoms with Crippen LogP contribution < -0.4 is 0 Å². The molecule has 0 amide bonds. The van der Waals surface area contributed by atoms with Crippen LogP contribution in [-0.2, 0) is 6.42 Å². The van der Waals surface area contributed by atoms with E-state index in [1.807, 2.05) is 16.7 Å². The van der Waals surface area contributed by atoms with Crippen molar-refractivity contribution >= 4 is 5.52 Å². The lowest BCUT2D eigenvalue weighted by Crippen LogP contribution is -2.40. The van der Waals surface area contributed by atoms with Crippen LogP contribution in [0.4, 0.5) is 0 Å². The zero-order chi connectivity index (χ0) is 13.2. The zero-order valence-electron chi connectivity index (χ0n) is 11.4. The van der Waals surface area contributed by atoms with Crippen molar-refractivity contribution in [3.63, 3.8) is 0 Å². The molecular formula is C15H21N3O. The minimum atomic E-state index is 0.294. The molecule has 3 heterocycles. The Balaban J connectivity index is 1.86. The Labute approximate surface area is 113 Å². The normalized spacial score (nSPS) is 21.0. The maximum Gasteiger partial charge on any atom is 0.132 e. The van der Waals surface area contributed by atoms with Crippen molar-refractivity contribution in [3.05, 3.63) is 30.4 Å². The summed E-state index contributed by atoms with van der Waals surface area (Å²) in [7, 11) is 0. The van der Waals surface area contributed by atoms with E-state index in [9.17, 15) is 5.11 Å². The number of aromatic hydroxyl groups is 1. The van der Waals surface area contributed by atoms with Gasteiger partial charge in [0.15, 0.2) is 0 Å². The molecule has 1 aliphatic heterocycles. The molecule has 0 bridgehead atoms. The first kappa shape index (κ1) is 12.5. The first-order valence-corrected chi connectivity index (χ1v) is 7.17. The van der Waals surface area contributed by atoms with Gasteiger partial charge in [0.1, 0.15) is 11.6 Å². The van der Waals surface area contributed by atoms with E-state index >= 15 is 0 Å². The third kappa shape index (κ3) is 2.45. The van der Waals surface area contributed by atoms with Crippen molar-refractivity contribution in [2.75, 3.05) is 13.1 Å². The number of likely N-dealkylation sites (N-methyl/N-ethyl adjacent to an activating group) is 1. The number of imidazole rings is 1. The highest BCUT2D eigenvalue weighted by Crippen LogP contribution is 2.21. The quantitative estimate of drug-likeness (QED) is 0.920. The lowest BCUT2D eigenvalue weighted by molar-refractivity contribution is 0.153. The van der Waals surface area contributed by atoms with E-state index in [0.29, 0.717) is 11.8 Å². The average Bonchev–Trinajstić information content (AvgIpc) is 2.82. The molecule has 1 atom stereocenters. The van der Waals surface area contributed by atoms with Crippen molar-refractivity contribution < 1.29 is 5.11 Å². The Hall–Kier alpha value is -1.55. The topological polar surface area (TPSA) is 40.8 Å². The van der Waals surface area contributed by atoms with Gasteiger partial charge in [0, 0.05) is 12.5 Å². The van der Waals surface area contributed by atoms with Crippen molar-refractivity contribution in [2.24, 2.45) is 0 Å². The van der Waals surface area contributed by atoms with E-state index in [1.54, 1.807) is 12.3 Å². The first-order chi connectivity index (χ1) is 9.28. The molecule has 1 N–H and O–H groups in total. The number of piperidine rings is 1. The Kier molecular flexibility index (Phi) is 3.42. The minimum Gasteiger partial charge on any atom is -0.506 e. The highest BCUT2D eigenvalue weighted by Gasteiger charge is 2.22. The van der Waals surface area contributed by atoms with Crippen LogP contribution in [0.3, 0.4) is 0 Å². The predicted molar refractivity (Wildman–Crippen MR) is 75.4 cm³/mol. The molecule has 2 aromatic rings. The molecule has 0 radical (unpaired) electrons. The van der Waals surface area contributed by atoms with Gasteiger partial charge in [-0.1, -0.05) is 13.3 Å². The van der Waals surface area contributed by atoms with Crippen molar-refractivity contribution in [2.45, 2.75) is 38.6 Å². The van der Waals surface area contributed by atoms with E-state index in [4.69, 9.17) is 0 Å². The van der Waals surface area contributed by atoms with E-state index in [2.05, 4.69) is 16.8 Å². The van der Waals surface area contributed by atoms with Gasteiger partial charge in [0.2, 0.25) is 0 Å². The van der Waals surface area contributed by atoms with Gasteiger partial charge in [-0.15, -0.1) is 0 Å². The number of hydrogen-bond acceptors (Lipinski definition) is 3. The van der Waals surface area contributed by atoms with Crippen LogP contribution in [0.15, 0.2) is 24.5 Å². The highest BCUT2D eigenvalue weighted by atomic mass is 16.3. The lowest BCUT2D eigenvalue weighted by atomic mass is 9.99. The van der Waals surface area contributed by atoms with Crippen molar-refractivity contribution in [1.82, 2.24) is 14.3 Å². The third-order valence-corrected chi connectivity index (χ3v) is 4.16. The van der Waals surface area contributed by atoms with E-state index in [1.165, 1.54) is 25.8 Å². The SMILES string of the molecule is CCN1CCCCC1Cc1ncc2ccc(O)cn12. The smallest absolute Gasteiger partial charge is 0.132 e. The van der Waals surface area contributed by atoms with Gasteiger partial charge >= 0.3 is 0 Å². The monoisotopic (exact) mass is 259 g/mol. The Bertz CT molecular complexity index is 564. The van der Waals surface area contributed by atoms with Gasteiger partial charge in [-0.2, -0.15) is 0 Å². The van der Waals surface area contributed by atoms with Gasteiger partial charge in [-0.05, 0) is 38.1 Å². The maximum absolute atomic E-state index is 9.62. The molecule has 0 aliphatic carbocycles. The summed E-state index contributed by atoms with van der Waals surface area (Å²) in [4.78, 5) is 7.07. The number of hydrogen-bond donors (Lipinski definition) is 1. The molecule has 19 heavy (non-hydrogen) atoms. The van der Waals surface area contributed by atoms with Crippen LogP contribution >= 0.6 is 0 Å². The second-order valence-corrected chi connectivity index (χ2v) is 5.34. The van der Waals surface area contributed by atoms with Gasteiger partial charge in [0.25, 0.3) is 0 Å². The number of fused-ring (bicyclic) bond motifs is 1. The third-order valence-electron chi connectivity index (χ3n) is 4.16. The van der Waals surface area contributed by atoms with Crippen LogP contribution in [0.1, 0.15) is 32.0 Å². The first-order valence-electron chi connectivity index (χ1n) is 7.17. The average molecular weight is 259 g/mol. The molecule has 1 unspecified atom stereocenters. The summed E-state index contributed by atoms with van der Waals surface area (Å²) in [5.74, 6) is 1.35. The predicted octanol–water partition coefficient (Wildman–Crippen LogP) is 2.46. The molecule has 1 aliphatic rings. The Morgan fingerprint density at radius 2 is 2.26 bits per heavy atom. The second kappa shape index (κ2) is 5.21. The van der Waals surface area contributed by atoms with Gasteiger partial charge in [0.05, 0.1) is 17.9 Å². The zero-order valence-corrected chi connectivity index (χ0v) is 11.4. The van der Waals surface area contributed by atoms with Crippen LogP contribution in [0, 0.1) is 0 Å². The largest absolute Gasteiger partial charge is 0.506 e.